The van der Waals surface area contributed by atoms with Gasteiger partial charge >= 0.3 is 6.09 Å². The summed E-state index contributed by atoms with van der Waals surface area (Å²) in [6, 6.07) is 6.73. The highest BCUT2D eigenvalue weighted by Gasteiger charge is 2.49. The monoisotopic (exact) mass is 627 g/mol. The molecule has 0 saturated heterocycles. The molecule has 4 amide bonds. The third kappa shape index (κ3) is 12.0. The molecule has 0 spiro atoms. The first-order valence-corrected chi connectivity index (χ1v) is 15.8. The highest BCUT2D eigenvalue weighted by molar-refractivity contribution is 6.28. The molecule has 3 aliphatic rings. The molecule has 4 rings (SSSR count). The van der Waals surface area contributed by atoms with E-state index in [0.717, 1.165) is 23.3 Å². The number of hydrogen-bond donors (Lipinski definition) is 2. The molecule has 2 N–H and O–H groups in total. The number of benzene rings is 1. The van der Waals surface area contributed by atoms with Gasteiger partial charge in [-0.25, -0.2) is 9.69 Å². The van der Waals surface area contributed by atoms with Crippen LogP contribution in [0.3, 0.4) is 0 Å². The number of ether oxygens (including phenoxy) is 5. The predicted molar refractivity (Wildman–Crippen MR) is 165 cm³/mol. The number of allylic oxidation sites excluding steroid dienone is 2. The number of hydrogen-bond acceptors (Lipinski definition) is 9. The fourth-order valence-electron chi connectivity index (χ4n) is 5.58. The van der Waals surface area contributed by atoms with E-state index in [4.69, 9.17) is 23.7 Å². The summed E-state index contributed by atoms with van der Waals surface area (Å²) in [7, 11) is 0. The van der Waals surface area contributed by atoms with E-state index in [1.54, 1.807) is 24.3 Å². The van der Waals surface area contributed by atoms with E-state index in [2.05, 4.69) is 22.8 Å². The van der Waals surface area contributed by atoms with Gasteiger partial charge in [-0.3, -0.25) is 14.4 Å². The lowest BCUT2D eigenvalue weighted by Crippen LogP contribution is -2.30. The molecule has 1 aromatic carbocycles. The Bertz CT molecular complexity index is 1140. The van der Waals surface area contributed by atoms with Gasteiger partial charge in [0, 0.05) is 25.2 Å². The summed E-state index contributed by atoms with van der Waals surface area (Å²) in [5.41, 5.74) is 1.24. The maximum Gasteiger partial charge on any atom is 0.407 e. The minimum absolute atomic E-state index is 0.151. The number of carbonyl (C=O) groups excluding carboxylic acids is 4. The Balaban J connectivity index is 0.869. The van der Waals surface area contributed by atoms with Crippen molar-refractivity contribution in [2.24, 2.45) is 17.8 Å². The van der Waals surface area contributed by atoms with Gasteiger partial charge < -0.3 is 34.3 Å². The highest BCUT2D eigenvalue weighted by Crippen LogP contribution is 2.52. The third-order valence-electron chi connectivity index (χ3n) is 7.98. The Morgan fingerprint density at radius 1 is 0.711 bits per heavy atom. The summed E-state index contributed by atoms with van der Waals surface area (Å²) in [6.45, 7) is 4.57. The summed E-state index contributed by atoms with van der Waals surface area (Å²) < 4.78 is 27.3. The molecule has 3 atom stereocenters. The molecule has 1 aromatic rings. The SMILES string of the molecule is O=C(Cc1ccc(N2C(=O)C=CC2=O)cc1)NCCOCCOCCOCCOCCNC(=O)OCC1[C@H]2CC/C=C\CC[C@@H]12. The second-order valence-electron chi connectivity index (χ2n) is 11.1. The second-order valence-corrected chi connectivity index (χ2v) is 11.1. The van der Waals surface area contributed by atoms with Crippen LogP contribution in [0.4, 0.5) is 10.5 Å². The normalized spacial score (nSPS) is 21.2. The van der Waals surface area contributed by atoms with Crippen LogP contribution in [0.25, 0.3) is 0 Å². The van der Waals surface area contributed by atoms with Gasteiger partial charge in [0.2, 0.25) is 5.91 Å². The molecule has 1 fully saturated rings. The van der Waals surface area contributed by atoms with E-state index in [1.807, 2.05) is 0 Å². The molecule has 12 nitrogen and oxygen atoms in total. The molecular weight excluding hydrogens is 582 g/mol. The topological polar surface area (TPSA) is 142 Å². The molecule has 12 heteroatoms. The number of nitrogens with one attached hydrogen (secondary N) is 2. The Morgan fingerprint density at radius 2 is 1.22 bits per heavy atom. The molecule has 1 saturated carbocycles. The lowest BCUT2D eigenvalue weighted by Gasteiger charge is -2.14. The minimum atomic E-state index is -0.381. The quantitative estimate of drug-likeness (QED) is 0.127. The van der Waals surface area contributed by atoms with Gasteiger partial charge in [0.05, 0.1) is 71.6 Å². The number of imide groups is 1. The van der Waals surface area contributed by atoms with Crippen molar-refractivity contribution in [3.8, 4) is 0 Å². The fraction of sp³-hybridized carbons (Fsp3) is 0.576. The highest BCUT2D eigenvalue weighted by atomic mass is 16.6. The lowest BCUT2D eigenvalue weighted by molar-refractivity contribution is -0.121. The fourth-order valence-corrected chi connectivity index (χ4v) is 5.58. The van der Waals surface area contributed by atoms with Crippen molar-refractivity contribution < 1.29 is 42.9 Å². The summed E-state index contributed by atoms with van der Waals surface area (Å²) in [6.07, 6.45) is 11.5. The van der Waals surface area contributed by atoms with Crippen LogP contribution in [0.1, 0.15) is 31.2 Å². The van der Waals surface area contributed by atoms with E-state index in [0.29, 0.717) is 96.0 Å². The molecule has 1 heterocycles. The second kappa shape index (κ2) is 19.1. The molecular formula is C33H45N3O9. The van der Waals surface area contributed by atoms with Crippen LogP contribution in [0.5, 0.6) is 0 Å². The molecule has 1 aliphatic heterocycles. The Kier molecular flexibility index (Phi) is 14.5. The van der Waals surface area contributed by atoms with Gasteiger partial charge in [0.1, 0.15) is 0 Å². The summed E-state index contributed by atoms with van der Waals surface area (Å²) in [4.78, 5) is 48.7. The van der Waals surface area contributed by atoms with Gasteiger partial charge in [-0.05, 0) is 61.1 Å². The van der Waals surface area contributed by atoms with Crippen LogP contribution in [-0.4, -0.2) is 96.4 Å². The number of anilines is 1. The summed E-state index contributed by atoms with van der Waals surface area (Å²) in [5, 5.41) is 5.52. The maximum atomic E-state index is 12.2. The number of amides is 4. The summed E-state index contributed by atoms with van der Waals surface area (Å²) >= 11 is 0. The average molecular weight is 628 g/mol. The van der Waals surface area contributed by atoms with Gasteiger partial charge in [-0.1, -0.05) is 24.3 Å². The van der Waals surface area contributed by atoms with Crippen molar-refractivity contribution in [3.05, 3.63) is 54.1 Å². The largest absolute Gasteiger partial charge is 0.449 e. The van der Waals surface area contributed by atoms with Crippen molar-refractivity contribution in [1.82, 2.24) is 10.6 Å². The number of carbonyl (C=O) groups is 4. The van der Waals surface area contributed by atoms with Crippen LogP contribution in [0.2, 0.25) is 0 Å². The molecule has 2 aliphatic carbocycles. The molecule has 0 bridgehead atoms. The first kappa shape index (κ1) is 34.3. The zero-order valence-electron chi connectivity index (χ0n) is 25.8. The molecule has 0 radical (unpaired) electrons. The van der Waals surface area contributed by atoms with Crippen LogP contribution < -0.4 is 15.5 Å². The first-order valence-electron chi connectivity index (χ1n) is 15.8. The number of alkyl carbamates (subject to hydrolysis) is 1. The van der Waals surface area contributed by atoms with Gasteiger partial charge in [-0.15, -0.1) is 0 Å². The Labute approximate surface area is 264 Å². The van der Waals surface area contributed by atoms with E-state index in [1.165, 1.54) is 25.0 Å². The van der Waals surface area contributed by atoms with Crippen LogP contribution in [0, 0.1) is 17.8 Å². The number of nitrogens with zero attached hydrogens (tertiary/aromatic N) is 1. The third-order valence-corrected chi connectivity index (χ3v) is 7.98. The smallest absolute Gasteiger partial charge is 0.407 e. The van der Waals surface area contributed by atoms with Crippen molar-refractivity contribution >= 4 is 29.5 Å². The molecule has 246 valence electrons. The van der Waals surface area contributed by atoms with Crippen LogP contribution in [0.15, 0.2) is 48.6 Å². The van der Waals surface area contributed by atoms with E-state index in [-0.39, 0.29) is 30.2 Å². The van der Waals surface area contributed by atoms with E-state index >= 15 is 0 Å². The van der Waals surface area contributed by atoms with Crippen molar-refractivity contribution in [1.29, 1.82) is 0 Å². The average Bonchev–Trinajstić information content (AvgIpc) is 3.55. The van der Waals surface area contributed by atoms with E-state index < -0.39 is 0 Å². The van der Waals surface area contributed by atoms with Crippen molar-refractivity contribution in [3.63, 3.8) is 0 Å². The number of rotatable bonds is 20. The molecule has 45 heavy (non-hydrogen) atoms. The zero-order valence-corrected chi connectivity index (χ0v) is 25.8. The zero-order chi connectivity index (χ0) is 31.7. The van der Waals surface area contributed by atoms with Crippen molar-refractivity contribution in [2.45, 2.75) is 32.1 Å². The van der Waals surface area contributed by atoms with Crippen LogP contribution in [-0.2, 0) is 44.5 Å². The van der Waals surface area contributed by atoms with Crippen LogP contribution >= 0.6 is 0 Å². The predicted octanol–water partition coefficient (Wildman–Crippen LogP) is 2.56. The van der Waals surface area contributed by atoms with Gasteiger partial charge in [0.25, 0.3) is 11.8 Å². The van der Waals surface area contributed by atoms with Gasteiger partial charge in [0.15, 0.2) is 0 Å². The Morgan fingerprint density at radius 3 is 1.78 bits per heavy atom. The minimum Gasteiger partial charge on any atom is -0.449 e. The van der Waals surface area contributed by atoms with Gasteiger partial charge in [-0.2, -0.15) is 0 Å². The molecule has 1 unspecified atom stereocenters. The standard InChI is InChI=1S/C33H45N3O9/c37-30(23-25-7-9-26(10-8-25)36-31(38)11-12-32(36)39)34-13-15-41-17-19-43-21-22-44-20-18-42-16-14-35-33(40)45-24-29-27-5-3-1-2-4-6-28(27)29/h1-2,7-12,27-29H,3-6,13-24H2,(H,34,37)(H,35,40)/b2-1-/t27-,28+,29?. The summed E-state index contributed by atoms with van der Waals surface area (Å²) in [5.74, 6) is 1.04. The lowest BCUT2D eigenvalue weighted by atomic mass is 10.1. The molecule has 0 aromatic heterocycles. The van der Waals surface area contributed by atoms with Crippen molar-refractivity contribution in [2.75, 3.05) is 77.5 Å². The Hall–Kier alpha value is -3.58. The first-order chi connectivity index (χ1) is 22.0. The van der Waals surface area contributed by atoms with E-state index in [9.17, 15) is 19.2 Å². The maximum absolute atomic E-state index is 12.2. The number of fused-ring (bicyclic) bond motifs is 1.